The van der Waals surface area contributed by atoms with Gasteiger partial charge in [0.1, 0.15) is 5.82 Å². The lowest BCUT2D eigenvalue weighted by molar-refractivity contribution is 0.941. The summed E-state index contributed by atoms with van der Waals surface area (Å²) in [6.07, 6.45) is 2.43. The highest BCUT2D eigenvalue weighted by atomic mass is 35.5. The van der Waals surface area contributed by atoms with Crippen molar-refractivity contribution in [3.05, 3.63) is 53.1 Å². The van der Waals surface area contributed by atoms with Crippen molar-refractivity contribution in [2.45, 2.75) is 19.8 Å². The molecule has 24 heavy (non-hydrogen) atoms. The standard InChI is InChI=1S/C19H19ClN4/c1-13-8-9-14(20)12-17(13)22-19-21-16-7-3-2-6-15(16)18(23-19)24-10-4-5-11-24/h2-3,6-9,12H,4-5,10-11H2,1H3,(H,21,22,23). The van der Waals surface area contributed by atoms with E-state index < -0.39 is 0 Å². The van der Waals surface area contributed by atoms with E-state index in [2.05, 4.69) is 21.3 Å². The number of rotatable bonds is 3. The Kier molecular flexibility index (Phi) is 3.98. The lowest BCUT2D eigenvalue weighted by Gasteiger charge is -2.19. The molecule has 0 aliphatic carbocycles. The number of para-hydroxylation sites is 1. The Balaban J connectivity index is 1.79. The second-order valence-electron chi connectivity index (χ2n) is 6.17. The van der Waals surface area contributed by atoms with Gasteiger partial charge in [-0.05, 0) is 49.6 Å². The fourth-order valence-corrected chi connectivity index (χ4v) is 3.31. The van der Waals surface area contributed by atoms with Crippen molar-refractivity contribution >= 4 is 40.0 Å². The number of fused-ring (bicyclic) bond motifs is 1. The van der Waals surface area contributed by atoms with Crippen molar-refractivity contribution < 1.29 is 0 Å². The van der Waals surface area contributed by atoms with E-state index >= 15 is 0 Å². The molecule has 0 unspecified atom stereocenters. The highest BCUT2D eigenvalue weighted by Gasteiger charge is 2.18. The van der Waals surface area contributed by atoms with Crippen LogP contribution >= 0.6 is 11.6 Å². The fraction of sp³-hybridized carbons (Fsp3) is 0.263. The van der Waals surface area contributed by atoms with E-state index in [9.17, 15) is 0 Å². The molecule has 1 saturated heterocycles. The molecule has 0 spiro atoms. The van der Waals surface area contributed by atoms with Crippen molar-refractivity contribution in [2.75, 3.05) is 23.3 Å². The summed E-state index contributed by atoms with van der Waals surface area (Å²) in [6.45, 7) is 4.15. The SMILES string of the molecule is Cc1ccc(Cl)cc1Nc1nc(N2CCCC2)c2ccccc2n1. The molecule has 1 aliphatic heterocycles. The molecule has 122 valence electrons. The first-order chi connectivity index (χ1) is 11.7. The molecule has 2 heterocycles. The molecule has 4 nitrogen and oxygen atoms in total. The van der Waals surface area contributed by atoms with Crippen molar-refractivity contribution in [1.29, 1.82) is 0 Å². The Morgan fingerprint density at radius 3 is 2.67 bits per heavy atom. The molecule has 5 heteroatoms. The molecular formula is C19H19ClN4. The zero-order valence-electron chi connectivity index (χ0n) is 13.6. The summed E-state index contributed by atoms with van der Waals surface area (Å²) in [5.41, 5.74) is 3.00. The summed E-state index contributed by atoms with van der Waals surface area (Å²) in [5.74, 6) is 1.63. The molecule has 3 aromatic rings. The summed E-state index contributed by atoms with van der Waals surface area (Å²) in [6, 6.07) is 14.0. The number of aryl methyl sites for hydroxylation is 1. The van der Waals surface area contributed by atoms with Crippen LogP contribution < -0.4 is 10.2 Å². The van der Waals surface area contributed by atoms with Gasteiger partial charge >= 0.3 is 0 Å². The topological polar surface area (TPSA) is 41.1 Å². The maximum atomic E-state index is 6.12. The molecule has 0 atom stereocenters. The molecule has 0 radical (unpaired) electrons. The van der Waals surface area contributed by atoms with Gasteiger partial charge in [-0.25, -0.2) is 4.98 Å². The summed E-state index contributed by atoms with van der Waals surface area (Å²) in [5, 5.41) is 5.14. The number of aromatic nitrogens is 2. The number of hydrogen-bond acceptors (Lipinski definition) is 4. The van der Waals surface area contributed by atoms with Crippen LogP contribution in [0.5, 0.6) is 0 Å². The van der Waals surface area contributed by atoms with E-state index in [4.69, 9.17) is 16.6 Å². The van der Waals surface area contributed by atoms with Crippen LogP contribution in [0.4, 0.5) is 17.5 Å². The molecule has 1 N–H and O–H groups in total. The summed E-state index contributed by atoms with van der Waals surface area (Å²) < 4.78 is 0. The average molecular weight is 339 g/mol. The molecule has 1 aromatic heterocycles. The second kappa shape index (κ2) is 6.29. The highest BCUT2D eigenvalue weighted by Crippen LogP contribution is 2.30. The van der Waals surface area contributed by atoms with Gasteiger partial charge in [0.05, 0.1) is 5.52 Å². The quantitative estimate of drug-likeness (QED) is 0.734. The van der Waals surface area contributed by atoms with Crippen molar-refractivity contribution in [1.82, 2.24) is 9.97 Å². The number of nitrogens with one attached hydrogen (secondary N) is 1. The first-order valence-electron chi connectivity index (χ1n) is 8.25. The highest BCUT2D eigenvalue weighted by molar-refractivity contribution is 6.30. The van der Waals surface area contributed by atoms with Crippen LogP contribution in [0.25, 0.3) is 10.9 Å². The van der Waals surface area contributed by atoms with Gasteiger partial charge in [0.2, 0.25) is 5.95 Å². The first-order valence-corrected chi connectivity index (χ1v) is 8.63. The number of hydrogen-bond donors (Lipinski definition) is 1. The number of halogens is 1. The van der Waals surface area contributed by atoms with Crippen LogP contribution in [0, 0.1) is 6.92 Å². The first kappa shape index (κ1) is 15.2. The largest absolute Gasteiger partial charge is 0.356 e. The average Bonchev–Trinajstić information content (AvgIpc) is 3.12. The van der Waals surface area contributed by atoms with Gasteiger partial charge in [-0.1, -0.05) is 29.8 Å². The molecule has 1 fully saturated rings. The van der Waals surface area contributed by atoms with Crippen LogP contribution in [0.2, 0.25) is 5.02 Å². The number of benzene rings is 2. The van der Waals surface area contributed by atoms with Gasteiger partial charge in [0.15, 0.2) is 0 Å². The van der Waals surface area contributed by atoms with E-state index in [-0.39, 0.29) is 0 Å². The molecule has 4 rings (SSSR count). The molecule has 0 saturated carbocycles. The van der Waals surface area contributed by atoms with Crippen molar-refractivity contribution in [3.8, 4) is 0 Å². The van der Waals surface area contributed by atoms with Gasteiger partial charge in [-0.2, -0.15) is 4.98 Å². The van der Waals surface area contributed by atoms with Crippen molar-refractivity contribution in [3.63, 3.8) is 0 Å². The fourth-order valence-electron chi connectivity index (χ4n) is 3.14. The molecule has 0 bridgehead atoms. The van der Waals surface area contributed by atoms with Gasteiger partial charge in [-0.3, -0.25) is 0 Å². The Morgan fingerprint density at radius 2 is 1.83 bits per heavy atom. The predicted octanol–water partition coefficient (Wildman–Crippen LogP) is 4.94. The minimum Gasteiger partial charge on any atom is -0.356 e. The van der Waals surface area contributed by atoms with E-state index in [0.29, 0.717) is 11.0 Å². The number of anilines is 3. The summed E-state index contributed by atoms with van der Waals surface area (Å²) in [7, 11) is 0. The lowest BCUT2D eigenvalue weighted by Crippen LogP contribution is -2.20. The Bertz CT molecular complexity index is 888. The van der Waals surface area contributed by atoms with Crippen LogP contribution in [0.1, 0.15) is 18.4 Å². The third-order valence-electron chi connectivity index (χ3n) is 4.43. The lowest BCUT2D eigenvalue weighted by atomic mass is 10.2. The summed E-state index contributed by atoms with van der Waals surface area (Å²) in [4.78, 5) is 11.8. The van der Waals surface area contributed by atoms with Gasteiger partial charge in [0, 0.05) is 29.2 Å². The maximum absolute atomic E-state index is 6.12. The zero-order valence-corrected chi connectivity index (χ0v) is 14.3. The van der Waals surface area contributed by atoms with Gasteiger partial charge in [0.25, 0.3) is 0 Å². The maximum Gasteiger partial charge on any atom is 0.229 e. The third-order valence-corrected chi connectivity index (χ3v) is 4.67. The predicted molar refractivity (Wildman–Crippen MR) is 100 cm³/mol. The Hall–Kier alpha value is -2.33. The Morgan fingerprint density at radius 1 is 1.04 bits per heavy atom. The van der Waals surface area contributed by atoms with Crippen LogP contribution in [0.3, 0.4) is 0 Å². The molecule has 2 aromatic carbocycles. The van der Waals surface area contributed by atoms with E-state index in [0.717, 1.165) is 41.1 Å². The Labute approximate surface area is 146 Å². The van der Waals surface area contributed by atoms with Crippen LogP contribution in [-0.2, 0) is 0 Å². The molecule has 0 amide bonds. The minimum atomic E-state index is 0.612. The monoisotopic (exact) mass is 338 g/mol. The zero-order chi connectivity index (χ0) is 16.5. The molecular weight excluding hydrogens is 320 g/mol. The second-order valence-corrected chi connectivity index (χ2v) is 6.60. The normalized spacial score (nSPS) is 14.3. The van der Waals surface area contributed by atoms with Crippen LogP contribution in [0.15, 0.2) is 42.5 Å². The third kappa shape index (κ3) is 2.89. The van der Waals surface area contributed by atoms with E-state index in [1.54, 1.807) is 0 Å². The minimum absolute atomic E-state index is 0.612. The van der Waals surface area contributed by atoms with Crippen LogP contribution in [-0.4, -0.2) is 23.1 Å². The van der Waals surface area contributed by atoms with E-state index in [1.807, 2.05) is 43.3 Å². The summed E-state index contributed by atoms with van der Waals surface area (Å²) >= 11 is 6.12. The van der Waals surface area contributed by atoms with E-state index in [1.165, 1.54) is 12.8 Å². The van der Waals surface area contributed by atoms with Gasteiger partial charge in [-0.15, -0.1) is 0 Å². The smallest absolute Gasteiger partial charge is 0.229 e. The van der Waals surface area contributed by atoms with Gasteiger partial charge < -0.3 is 10.2 Å². The van der Waals surface area contributed by atoms with Crippen molar-refractivity contribution in [2.24, 2.45) is 0 Å². The number of nitrogens with zero attached hydrogens (tertiary/aromatic N) is 3. The molecule has 1 aliphatic rings.